The lowest BCUT2D eigenvalue weighted by molar-refractivity contribution is -0.116. The second-order valence-corrected chi connectivity index (χ2v) is 4.89. The molecule has 2 aromatic rings. The molecule has 0 atom stereocenters. The molecule has 0 unspecified atom stereocenters. The molecular formula is C13H13ClN4O3. The Labute approximate surface area is 124 Å². The molecule has 4 N–H and O–H groups in total. The predicted octanol–water partition coefficient (Wildman–Crippen LogP) is 0.719. The summed E-state index contributed by atoms with van der Waals surface area (Å²) in [5.74, 6) is -0.462. The number of aryl methyl sites for hydroxylation is 1. The summed E-state index contributed by atoms with van der Waals surface area (Å²) in [7, 11) is 0. The Morgan fingerprint density at radius 3 is 2.86 bits per heavy atom. The van der Waals surface area contributed by atoms with Gasteiger partial charge in [0, 0.05) is 17.4 Å². The zero-order chi connectivity index (χ0) is 15.6. The summed E-state index contributed by atoms with van der Waals surface area (Å²) in [6.07, 6.45) is 1.32. The summed E-state index contributed by atoms with van der Waals surface area (Å²) in [5, 5.41) is 2.89. The standard InChI is InChI=1S/C13H13ClN4O3/c1-7-5-18(13(21)17-12(7)20)6-11(19)16-10-4-8(15)2-3-9(10)14/h2-5H,6,15H2,1H3,(H,16,19)(H,17,20,21). The maximum atomic E-state index is 11.9. The van der Waals surface area contributed by atoms with Crippen molar-refractivity contribution in [1.82, 2.24) is 9.55 Å². The van der Waals surface area contributed by atoms with Crippen LogP contribution in [0, 0.1) is 6.92 Å². The van der Waals surface area contributed by atoms with Gasteiger partial charge in [0.1, 0.15) is 6.54 Å². The lowest BCUT2D eigenvalue weighted by Gasteiger charge is -2.09. The Bertz CT molecular complexity index is 810. The predicted molar refractivity (Wildman–Crippen MR) is 80.6 cm³/mol. The maximum absolute atomic E-state index is 11.9. The number of hydrogen-bond donors (Lipinski definition) is 3. The van der Waals surface area contributed by atoms with Crippen molar-refractivity contribution >= 4 is 28.9 Å². The summed E-state index contributed by atoms with van der Waals surface area (Å²) in [6.45, 7) is 1.29. The van der Waals surface area contributed by atoms with Gasteiger partial charge in [-0.05, 0) is 25.1 Å². The second-order valence-electron chi connectivity index (χ2n) is 4.49. The highest BCUT2D eigenvalue weighted by Gasteiger charge is 2.09. The lowest BCUT2D eigenvalue weighted by Crippen LogP contribution is -2.34. The summed E-state index contributed by atoms with van der Waals surface area (Å²) >= 11 is 5.93. The van der Waals surface area contributed by atoms with Gasteiger partial charge in [-0.25, -0.2) is 4.79 Å². The Morgan fingerprint density at radius 1 is 1.43 bits per heavy atom. The minimum atomic E-state index is -0.653. The van der Waals surface area contributed by atoms with E-state index in [0.29, 0.717) is 22.0 Å². The van der Waals surface area contributed by atoms with E-state index in [1.807, 2.05) is 0 Å². The molecule has 0 aliphatic carbocycles. The SMILES string of the molecule is Cc1cn(CC(=O)Nc2cc(N)ccc2Cl)c(=O)[nH]c1=O. The van der Waals surface area contributed by atoms with Crippen molar-refractivity contribution in [2.45, 2.75) is 13.5 Å². The van der Waals surface area contributed by atoms with Crippen molar-refractivity contribution in [2.75, 3.05) is 11.1 Å². The van der Waals surface area contributed by atoms with Crippen LogP contribution in [0.5, 0.6) is 0 Å². The van der Waals surface area contributed by atoms with Crippen LogP contribution in [0.3, 0.4) is 0 Å². The van der Waals surface area contributed by atoms with Gasteiger partial charge in [0.25, 0.3) is 5.56 Å². The number of amides is 1. The molecule has 1 amide bonds. The highest BCUT2D eigenvalue weighted by Crippen LogP contribution is 2.23. The number of nitrogens with one attached hydrogen (secondary N) is 2. The van der Waals surface area contributed by atoms with Gasteiger partial charge in [-0.1, -0.05) is 11.6 Å². The molecule has 1 heterocycles. The molecule has 8 heteroatoms. The molecule has 0 aliphatic rings. The Balaban J connectivity index is 2.19. The Kier molecular flexibility index (Phi) is 4.13. The zero-order valence-electron chi connectivity index (χ0n) is 11.1. The summed E-state index contributed by atoms with van der Waals surface area (Å²) in [6, 6.07) is 4.68. The first-order valence-corrected chi connectivity index (χ1v) is 6.40. The highest BCUT2D eigenvalue weighted by atomic mass is 35.5. The first kappa shape index (κ1) is 14.9. The number of carbonyl (C=O) groups is 1. The second kappa shape index (κ2) is 5.84. The van der Waals surface area contributed by atoms with Gasteiger partial charge in [0.2, 0.25) is 5.91 Å². The molecule has 0 spiro atoms. The maximum Gasteiger partial charge on any atom is 0.328 e. The van der Waals surface area contributed by atoms with Crippen LogP contribution in [0.2, 0.25) is 5.02 Å². The van der Waals surface area contributed by atoms with Gasteiger partial charge in [0.05, 0.1) is 10.7 Å². The molecule has 0 radical (unpaired) electrons. The lowest BCUT2D eigenvalue weighted by atomic mass is 10.3. The van der Waals surface area contributed by atoms with Gasteiger partial charge in [-0.2, -0.15) is 0 Å². The third-order valence-electron chi connectivity index (χ3n) is 2.77. The van der Waals surface area contributed by atoms with Gasteiger partial charge >= 0.3 is 5.69 Å². The Morgan fingerprint density at radius 2 is 2.14 bits per heavy atom. The van der Waals surface area contributed by atoms with Crippen LogP contribution < -0.4 is 22.3 Å². The van der Waals surface area contributed by atoms with Crippen LogP contribution in [0.15, 0.2) is 34.0 Å². The molecule has 0 bridgehead atoms. The van der Waals surface area contributed by atoms with Crippen molar-refractivity contribution < 1.29 is 4.79 Å². The van der Waals surface area contributed by atoms with E-state index in [1.54, 1.807) is 19.1 Å². The van der Waals surface area contributed by atoms with Crippen LogP contribution in [-0.2, 0) is 11.3 Å². The molecule has 110 valence electrons. The number of benzene rings is 1. The fourth-order valence-electron chi connectivity index (χ4n) is 1.72. The molecule has 1 aromatic heterocycles. The molecule has 0 aliphatic heterocycles. The molecule has 21 heavy (non-hydrogen) atoms. The van der Waals surface area contributed by atoms with Crippen molar-refractivity contribution in [3.8, 4) is 0 Å². The highest BCUT2D eigenvalue weighted by molar-refractivity contribution is 6.33. The van der Waals surface area contributed by atoms with Crippen molar-refractivity contribution in [2.24, 2.45) is 0 Å². The van der Waals surface area contributed by atoms with Crippen LogP contribution in [0.1, 0.15) is 5.56 Å². The normalized spacial score (nSPS) is 10.4. The summed E-state index contributed by atoms with van der Waals surface area (Å²) in [4.78, 5) is 36.9. The largest absolute Gasteiger partial charge is 0.399 e. The molecule has 0 saturated heterocycles. The number of H-pyrrole nitrogens is 1. The van der Waals surface area contributed by atoms with Crippen LogP contribution >= 0.6 is 11.6 Å². The van der Waals surface area contributed by atoms with Crippen LogP contribution in [-0.4, -0.2) is 15.5 Å². The summed E-state index contributed by atoms with van der Waals surface area (Å²) in [5.41, 5.74) is 5.63. The quantitative estimate of drug-likeness (QED) is 0.726. The minimum Gasteiger partial charge on any atom is -0.399 e. The number of hydrogen-bond acceptors (Lipinski definition) is 4. The average Bonchev–Trinajstić information content (AvgIpc) is 2.40. The van der Waals surface area contributed by atoms with Crippen LogP contribution in [0.25, 0.3) is 0 Å². The molecule has 1 aromatic carbocycles. The van der Waals surface area contributed by atoms with E-state index < -0.39 is 17.2 Å². The fraction of sp³-hybridized carbons (Fsp3) is 0.154. The van der Waals surface area contributed by atoms with E-state index in [1.165, 1.54) is 12.3 Å². The smallest absolute Gasteiger partial charge is 0.328 e. The fourth-order valence-corrected chi connectivity index (χ4v) is 1.88. The van der Waals surface area contributed by atoms with Gasteiger partial charge in [-0.15, -0.1) is 0 Å². The number of halogens is 1. The average molecular weight is 309 g/mol. The first-order chi connectivity index (χ1) is 9.86. The molecule has 0 fully saturated rings. The number of nitrogen functional groups attached to an aromatic ring is 1. The van der Waals surface area contributed by atoms with E-state index in [0.717, 1.165) is 4.57 Å². The number of aromatic nitrogens is 2. The number of aromatic amines is 1. The first-order valence-electron chi connectivity index (χ1n) is 6.02. The van der Waals surface area contributed by atoms with E-state index in [2.05, 4.69) is 10.3 Å². The monoisotopic (exact) mass is 308 g/mol. The third-order valence-corrected chi connectivity index (χ3v) is 3.10. The van der Waals surface area contributed by atoms with Crippen molar-refractivity contribution in [3.63, 3.8) is 0 Å². The number of nitrogens with two attached hydrogens (primary N) is 1. The number of anilines is 2. The van der Waals surface area contributed by atoms with Crippen LogP contribution in [0.4, 0.5) is 11.4 Å². The number of nitrogens with zero attached hydrogens (tertiary/aromatic N) is 1. The van der Waals surface area contributed by atoms with Crippen molar-refractivity contribution in [1.29, 1.82) is 0 Å². The Hall–Kier alpha value is -2.54. The van der Waals surface area contributed by atoms with Gasteiger partial charge < -0.3 is 11.1 Å². The van der Waals surface area contributed by atoms with Crippen molar-refractivity contribution in [3.05, 3.63) is 55.8 Å². The molecule has 2 rings (SSSR count). The zero-order valence-corrected chi connectivity index (χ0v) is 11.9. The summed E-state index contributed by atoms with van der Waals surface area (Å²) < 4.78 is 1.10. The van der Waals surface area contributed by atoms with E-state index in [4.69, 9.17) is 17.3 Å². The van der Waals surface area contributed by atoms with E-state index in [-0.39, 0.29) is 6.54 Å². The van der Waals surface area contributed by atoms with E-state index in [9.17, 15) is 14.4 Å². The van der Waals surface area contributed by atoms with E-state index >= 15 is 0 Å². The topological polar surface area (TPSA) is 110 Å². The number of rotatable bonds is 3. The minimum absolute atomic E-state index is 0.248. The third kappa shape index (κ3) is 3.51. The van der Waals surface area contributed by atoms with Gasteiger partial charge in [-0.3, -0.25) is 19.1 Å². The van der Waals surface area contributed by atoms with Gasteiger partial charge in [0.15, 0.2) is 0 Å². The molecular weight excluding hydrogens is 296 g/mol. The molecule has 0 saturated carbocycles. The molecule has 7 nitrogen and oxygen atoms in total. The number of carbonyl (C=O) groups excluding carboxylic acids is 1.